The molecule has 0 aliphatic carbocycles. The summed E-state index contributed by atoms with van der Waals surface area (Å²) in [7, 11) is -4.38. The van der Waals surface area contributed by atoms with Crippen LogP contribution in [0.5, 0.6) is 5.75 Å². The van der Waals surface area contributed by atoms with E-state index >= 15 is 0 Å². The van der Waals surface area contributed by atoms with Gasteiger partial charge >= 0.3 is 0 Å². The standard InChI is InChI=1S/C6H5ClF2N2O3S/c7-5-4(12)3(6(8)9)2(1-11-5)15(10,13)14/h1,6,12H,(H2,10,13,14). The van der Waals surface area contributed by atoms with E-state index < -0.39 is 37.8 Å². The molecule has 1 rings (SSSR count). The van der Waals surface area contributed by atoms with Crippen molar-refractivity contribution in [1.82, 2.24) is 4.98 Å². The van der Waals surface area contributed by atoms with Crippen LogP contribution in [0.4, 0.5) is 8.78 Å². The third kappa shape index (κ3) is 2.33. The van der Waals surface area contributed by atoms with Crippen molar-refractivity contribution in [2.45, 2.75) is 11.3 Å². The van der Waals surface area contributed by atoms with E-state index in [1.54, 1.807) is 0 Å². The highest BCUT2D eigenvalue weighted by atomic mass is 35.5. The van der Waals surface area contributed by atoms with Crippen LogP contribution in [0, 0.1) is 0 Å². The van der Waals surface area contributed by atoms with Crippen LogP contribution in [0.25, 0.3) is 0 Å². The molecule has 5 nitrogen and oxygen atoms in total. The molecule has 0 unspecified atom stereocenters. The number of nitrogens with zero attached hydrogens (tertiary/aromatic N) is 1. The second kappa shape index (κ2) is 3.87. The van der Waals surface area contributed by atoms with Crippen LogP contribution in [0.15, 0.2) is 11.1 Å². The van der Waals surface area contributed by atoms with Crippen molar-refractivity contribution in [3.63, 3.8) is 0 Å². The molecule has 0 spiro atoms. The Bertz CT molecular complexity index is 491. The lowest BCUT2D eigenvalue weighted by Crippen LogP contribution is -2.15. The summed E-state index contributed by atoms with van der Waals surface area (Å²) < 4.78 is 46.6. The lowest BCUT2D eigenvalue weighted by atomic mass is 10.2. The molecule has 1 heterocycles. The monoisotopic (exact) mass is 258 g/mol. The van der Waals surface area contributed by atoms with Crippen LogP contribution in [-0.4, -0.2) is 18.5 Å². The molecule has 0 bridgehead atoms. The van der Waals surface area contributed by atoms with Crippen LogP contribution < -0.4 is 5.14 Å². The molecule has 0 aliphatic rings. The maximum Gasteiger partial charge on any atom is 0.268 e. The quantitative estimate of drug-likeness (QED) is 0.775. The Hall–Kier alpha value is -0.990. The molecule has 0 aliphatic heterocycles. The van der Waals surface area contributed by atoms with Gasteiger partial charge in [-0.1, -0.05) is 11.6 Å². The van der Waals surface area contributed by atoms with Gasteiger partial charge in [-0.05, 0) is 0 Å². The van der Waals surface area contributed by atoms with Crippen molar-refractivity contribution >= 4 is 21.6 Å². The molecular formula is C6H5ClF2N2O3S. The zero-order chi connectivity index (χ0) is 11.8. The molecule has 9 heteroatoms. The van der Waals surface area contributed by atoms with Gasteiger partial charge in [0.15, 0.2) is 10.9 Å². The number of hydrogen-bond donors (Lipinski definition) is 2. The molecular weight excluding hydrogens is 254 g/mol. The van der Waals surface area contributed by atoms with Crippen molar-refractivity contribution < 1.29 is 22.3 Å². The van der Waals surface area contributed by atoms with Crippen LogP contribution in [0.2, 0.25) is 5.15 Å². The molecule has 0 saturated carbocycles. The van der Waals surface area contributed by atoms with E-state index in [1.807, 2.05) is 0 Å². The summed E-state index contributed by atoms with van der Waals surface area (Å²) in [4.78, 5) is 2.27. The number of halogens is 3. The van der Waals surface area contributed by atoms with Gasteiger partial charge in [0.2, 0.25) is 10.0 Å². The number of nitrogens with two attached hydrogens (primary N) is 1. The van der Waals surface area contributed by atoms with Gasteiger partial charge in [0.25, 0.3) is 6.43 Å². The minimum atomic E-state index is -4.38. The fourth-order valence-corrected chi connectivity index (χ4v) is 1.75. The number of aromatic nitrogens is 1. The number of sulfonamides is 1. The highest BCUT2D eigenvalue weighted by molar-refractivity contribution is 7.89. The van der Waals surface area contributed by atoms with Gasteiger partial charge in [0.1, 0.15) is 4.90 Å². The summed E-state index contributed by atoms with van der Waals surface area (Å²) >= 11 is 5.25. The predicted molar refractivity (Wildman–Crippen MR) is 47.2 cm³/mol. The fourth-order valence-electron chi connectivity index (χ4n) is 0.911. The maximum atomic E-state index is 12.4. The van der Waals surface area contributed by atoms with Crippen molar-refractivity contribution in [2.75, 3.05) is 0 Å². The van der Waals surface area contributed by atoms with Crippen LogP contribution in [0.3, 0.4) is 0 Å². The highest BCUT2D eigenvalue weighted by Crippen LogP contribution is 2.36. The van der Waals surface area contributed by atoms with Gasteiger partial charge in [0, 0.05) is 6.20 Å². The number of primary sulfonamides is 1. The normalized spacial score (nSPS) is 12.1. The number of pyridine rings is 1. The first kappa shape index (κ1) is 12.1. The molecule has 0 saturated heterocycles. The SMILES string of the molecule is NS(=O)(=O)c1cnc(Cl)c(O)c1C(F)F. The van der Waals surface area contributed by atoms with E-state index in [1.165, 1.54) is 0 Å². The third-order valence-electron chi connectivity index (χ3n) is 1.54. The lowest BCUT2D eigenvalue weighted by Gasteiger charge is -2.08. The number of aromatic hydroxyl groups is 1. The van der Waals surface area contributed by atoms with E-state index in [0.717, 1.165) is 0 Å². The van der Waals surface area contributed by atoms with Gasteiger partial charge in [0.05, 0.1) is 5.56 Å². The summed E-state index contributed by atoms with van der Waals surface area (Å²) in [5, 5.41) is 13.2. The number of hydrogen-bond acceptors (Lipinski definition) is 4. The Morgan fingerprint density at radius 1 is 1.53 bits per heavy atom. The summed E-state index contributed by atoms with van der Waals surface area (Å²) in [5.41, 5.74) is -1.14. The van der Waals surface area contributed by atoms with E-state index in [0.29, 0.717) is 6.20 Å². The number of rotatable bonds is 2. The van der Waals surface area contributed by atoms with Gasteiger partial charge in [-0.25, -0.2) is 27.3 Å². The summed E-state index contributed by atoms with van der Waals surface area (Å²) in [6.45, 7) is 0. The first-order chi connectivity index (χ1) is 6.75. The minimum Gasteiger partial charge on any atom is -0.504 e. The molecule has 0 fully saturated rings. The van der Waals surface area contributed by atoms with Gasteiger partial charge in [-0.2, -0.15) is 0 Å². The number of alkyl halides is 2. The van der Waals surface area contributed by atoms with Crippen LogP contribution >= 0.6 is 11.6 Å². The fraction of sp³-hybridized carbons (Fsp3) is 0.167. The molecule has 0 atom stereocenters. The van der Waals surface area contributed by atoms with Gasteiger partial charge in [-0.15, -0.1) is 0 Å². The first-order valence-corrected chi connectivity index (χ1v) is 5.36. The highest BCUT2D eigenvalue weighted by Gasteiger charge is 2.26. The summed E-state index contributed by atoms with van der Waals surface area (Å²) in [5.74, 6) is -1.09. The van der Waals surface area contributed by atoms with E-state index in [4.69, 9.17) is 16.7 Å². The average molecular weight is 259 g/mol. The van der Waals surface area contributed by atoms with Gasteiger partial charge in [-0.3, -0.25) is 0 Å². The Labute approximate surface area is 88.5 Å². The van der Waals surface area contributed by atoms with E-state index in [2.05, 4.69) is 10.1 Å². The van der Waals surface area contributed by atoms with Crippen LogP contribution in [0.1, 0.15) is 12.0 Å². The average Bonchev–Trinajstić information content (AvgIpc) is 2.06. The molecule has 3 N–H and O–H groups in total. The second-order valence-electron chi connectivity index (χ2n) is 2.52. The largest absolute Gasteiger partial charge is 0.504 e. The Kier molecular flexibility index (Phi) is 3.12. The van der Waals surface area contributed by atoms with Gasteiger partial charge < -0.3 is 5.11 Å². The molecule has 15 heavy (non-hydrogen) atoms. The Morgan fingerprint density at radius 3 is 2.47 bits per heavy atom. The van der Waals surface area contributed by atoms with Crippen molar-refractivity contribution in [3.8, 4) is 5.75 Å². The third-order valence-corrected chi connectivity index (χ3v) is 2.75. The van der Waals surface area contributed by atoms with Crippen molar-refractivity contribution in [1.29, 1.82) is 0 Å². The summed E-state index contributed by atoms with van der Waals surface area (Å²) in [6.07, 6.45) is -2.65. The van der Waals surface area contributed by atoms with E-state index in [-0.39, 0.29) is 0 Å². The Morgan fingerprint density at radius 2 is 2.07 bits per heavy atom. The van der Waals surface area contributed by atoms with Crippen molar-refractivity contribution in [3.05, 3.63) is 16.9 Å². The Balaban J connectivity index is 3.62. The molecule has 1 aromatic rings. The minimum absolute atomic E-state index is 0.568. The zero-order valence-corrected chi connectivity index (χ0v) is 8.56. The second-order valence-corrected chi connectivity index (χ2v) is 4.41. The predicted octanol–water partition coefficient (Wildman–Crippen LogP) is 1.03. The molecule has 84 valence electrons. The molecule has 0 aromatic carbocycles. The summed E-state index contributed by atoms with van der Waals surface area (Å²) in [6, 6.07) is 0. The zero-order valence-electron chi connectivity index (χ0n) is 6.99. The topological polar surface area (TPSA) is 93.3 Å². The molecule has 1 aromatic heterocycles. The van der Waals surface area contributed by atoms with Crippen LogP contribution in [-0.2, 0) is 10.0 Å². The smallest absolute Gasteiger partial charge is 0.268 e. The molecule has 0 amide bonds. The molecule has 0 radical (unpaired) electrons. The van der Waals surface area contributed by atoms with E-state index in [9.17, 15) is 17.2 Å². The first-order valence-electron chi connectivity index (χ1n) is 3.43. The maximum absolute atomic E-state index is 12.4. The lowest BCUT2D eigenvalue weighted by molar-refractivity contribution is 0.143. The van der Waals surface area contributed by atoms with Crippen molar-refractivity contribution in [2.24, 2.45) is 5.14 Å².